The summed E-state index contributed by atoms with van der Waals surface area (Å²) in [6, 6.07) is 19.4. The van der Waals surface area contributed by atoms with Crippen molar-refractivity contribution >= 4 is 16.9 Å². The molecule has 0 fully saturated rings. The molecule has 1 aliphatic rings. The van der Waals surface area contributed by atoms with Crippen molar-refractivity contribution < 1.29 is 15.0 Å². The predicted octanol–water partition coefficient (Wildman–Crippen LogP) is 5.45. The van der Waals surface area contributed by atoms with Crippen molar-refractivity contribution in [3.63, 3.8) is 0 Å². The van der Waals surface area contributed by atoms with Crippen LogP contribution in [0.1, 0.15) is 28.4 Å². The molecule has 3 aromatic carbocycles. The normalized spacial score (nSPS) is 14.8. The quantitative estimate of drug-likeness (QED) is 0.643. The molecule has 27 heavy (non-hydrogen) atoms. The Bertz CT molecular complexity index is 1090. The van der Waals surface area contributed by atoms with E-state index in [0.717, 1.165) is 27.8 Å². The Hall–Kier alpha value is -3.59. The van der Waals surface area contributed by atoms with E-state index in [1.165, 1.54) is 0 Å². The van der Waals surface area contributed by atoms with Gasteiger partial charge in [-0.3, -0.25) is 4.79 Å². The average molecular weight is 354 g/mol. The van der Waals surface area contributed by atoms with Gasteiger partial charge in [-0.05, 0) is 65.1 Å². The maximum Gasteiger partial charge on any atom is 0.194 e. The fourth-order valence-corrected chi connectivity index (χ4v) is 3.45. The van der Waals surface area contributed by atoms with E-state index in [4.69, 9.17) is 0 Å². The molecule has 0 saturated heterocycles. The molecule has 1 aliphatic carbocycles. The first kappa shape index (κ1) is 16.9. The van der Waals surface area contributed by atoms with E-state index in [0.29, 0.717) is 11.1 Å². The standard InChI is InChI=1S/C24H18O3/c1-2-15-14-22(17-8-12-19(26)13-9-17)24(27)23-20(15)4-3-5-21(23)16-6-10-18(25)11-7-16/h2-14,25-26H,1H3. The molecule has 3 nitrogen and oxygen atoms in total. The van der Waals surface area contributed by atoms with E-state index in [1.54, 1.807) is 36.4 Å². The fraction of sp³-hybridized carbons (Fsp3) is 0.0417. The lowest BCUT2D eigenvalue weighted by Gasteiger charge is -2.22. The number of carbonyl (C=O) groups excluding carboxylic acids is 1. The number of hydrogen-bond acceptors (Lipinski definition) is 3. The van der Waals surface area contributed by atoms with Crippen LogP contribution < -0.4 is 0 Å². The number of fused-ring (bicyclic) bond motifs is 1. The number of allylic oxidation sites excluding steroid dienone is 4. The molecule has 0 unspecified atom stereocenters. The molecule has 4 rings (SSSR count). The van der Waals surface area contributed by atoms with Crippen molar-refractivity contribution in [2.24, 2.45) is 0 Å². The maximum absolute atomic E-state index is 13.4. The van der Waals surface area contributed by atoms with Gasteiger partial charge in [0, 0.05) is 11.1 Å². The maximum atomic E-state index is 13.4. The zero-order valence-corrected chi connectivity index (χ0v) is 14.8. The molecule has 0 heterocycles. The number of rotatable bonds is 2. The smallest absolute Gasteiger partial charge is 0.194 e. The second-order valence-corrected chi connectivity index (χ2v) is 6.45. The zero-order valence-electron chi connectivity index (χ0n) is 14.8. The minimum atomic E-state index is -0.0510. The number of phenols is 2. The second-order valence-electron chi connectivity index (χ2n) is 6.45. The van der Waals surface area contributed by atoms with E-state index in [2.05, 4.69) is 0 Å². The summed E-state index contributed by atoms with van der Waals surface area (Å²) in [4.78, 5) is 13.4. The molecule has 0 saturated carbocycles. The Balaban J connectivity index is 1.92. The first-order chi connectivity index (χ1) is 13.1. The van der Waals surface area contributed by atoms with Crippen molar-refractivity contribution in [2.75, 3.05) is 0 Å². The van der Waals surface area contributed by atoms with Crippen LogP contribution in [0, 0.1) is 0 Å². The van der Waals surface area contributed by atoms with E-state index < -0.39 is 0 Å². The van der Waals surface area contributed by atoms with E-state index >= 15 is 0 Å². The van der Waals surface area contributed by atoms with Crippen molar-refractivity contribution in [3.8, 4) is 22.6 Å². The molecule has 0 atom stereocenters. The monoisotopic (exact) mass is 354 g/mol. The van der Waals surface area contributed by atoms with Crippen LogP contribution in [-0.4, -0.2) is 16.0 Å². The molecule has 0 spiro atoms. The van der Waals surface area contributed by atoms with Gasteiger partial charge in [-0.25, -0.2) is 0 Å². The molecule has 3 aromatic rings. The lowest BCUT2D eigenvalue weighted by molar-refractivity contribution is 0.105. The van der Waals surface area contributed by atoms with E-state index in [-0.39, 0.29) is 17.3 Å². The topological polar surface area (TPSA) is 57.5 Å². The molecule has 2 N–H and O–H groups in total. The van der Waals surface area contributed by atoms with Crippen LogP contribution in [0.2, 0.25) is 0 Å². The van der Waals surface area contributed by atoms with Gasteiger partial charge in [0.1, 0.15) is 11.5 Å². The number of phenolic OH excluding ortho intramolecular Hbond substituents is 2. The molecular formula is C24H18O3. The highest BCUT2D eigenvalue weighted by Gasteiger charge is 2.27. The van der Waals surface area contributed by atoms with Gasteiger partial charge < -0.3 is 10.2 Å². The third kappa shape index (κ3) is 2.93. The third-order valence-electron chi connectivity index (χ3n) is 4.81. The van der Waals surface area contributed by atoms with Gasteiger partial charge in [0.2, 0.25) is 0 Å². The number of benzene rings is 3. The molecule has 0 bridgehead atoms. The Morgan fingerprint density at radius 2 is 1.30 bits per heavy atom. The second kappa shape index (κ2) is 6.61. The van der Waals surface area contributed by atoms with Crippen LogP contribution in [0.25, 0.3) is 22.3 Å². The molecule has 0 aromatic heterocycles. The number of carbonyl (C=O) groups is 1. The third-order valence-corrected chi connectivity index (χ3v) is 4.81. The summed E-state index contributed by atoms with van der Waals surface area (Å²) >= 11 is 0. The minimum absolute atomic E-state index is 0.0510. The Morgan fingerprint density at radius 3 is 1.89 bits per heavy atom. The van der Waals surface area contributed by atoms with Gasteiger partial charge in [0.15, 0.2) is 5.78 Å². The van der Waals surface area contributed by atoms with Crippen LogP contribution in [0.3, 0.4) is 0 Å². The van der Waals surface area contributed by atoms with E-state index in [1.807, 2.05) is 49.4 Å². The van der Waals surface area contributed by atoms with Gasteiger partial charge in [-0.15, -0.1) is 0 Å². The zero-order chi connectivity index (χ0) is 19.0. The number of Topliss-reactive ketones (excluding diaryl/α,β-unsaturated/α-hetero) is 1. The predicted molar refractivity (Wildman–Crippen MR) is 108 cm³/mol. The number of hydrogen-bond donors (Lipinski definition) is 2. The van der Waals surface area contributed by atoms with Crippen molar-refractivity contribution in [1.29, 1.82) is 0 Å². The van der Waals surface area contributed by atoms with Crippen LogP contribution in [-0.2, 0) is 0 Å². The summed E-state index contributed by atoms with van der Waals surface area (Å²) in [6.45, 7) is 1.95. The summed E-state index contributed by atoms with van der Waals surface area (Å²) < 4.78 is 0. The molecule has 132 valence electrons. The van der Waals surface area contributed by atoms with Crippen molar-refractivity contribution in [1.82, 2.24) is 0 Å². The van der Waals surface area contributed by atoms with Gasteiger partial charge in [0.25, 0.3) is 0 Å². The van der Waals surface area contributed by atoms with Gasteiger partial charge in [0.05, 0.1) is 0 Å². The first-order valence-electron chi connectivity index (χ1n) is 8.73. The van der Waals surface area contributed by atoms with Gasteiger partial charge >= 0.3 is 0 Å². The summed E-state index contributed by atoms with van der Waals surface area (Å²) in [5, 5.41) is 19.1. The van der Waals surface area contributed by atoms with Crippen molar-refractivity contribution in [2.45, 2.75) is 6.92 Å². The highest BCUT2D eigenvalue weighted by Crippen LogP contribution is 2.39. The lowest BCUT2D eigenvalue weighted by atomic mass is 9.80. The lowest BCUT2D eigenvalue weighted by Crippen LogP contribution is -2.12. The molecular weight excluding hydrogens is 336 g/mol. The summed E-state index contributed by atoms with van der Waals surface area (Å²) in [7, 11) is 0. The minimum Gasteiger partial charge on any atom is -0.508 e. The number of ketones is 1. The molecule has 0 amide bonds. The summed E-state index contributed by atoms with van der Waals surface area (Å²) in [5.74, 6) is 0.303. The average Bonchev–Trinajstić information content (AvgIpc) is 2.69. The summed E-state index contributed by atoms with van der Waals surface area (Å²) in [5.41, 5.74) is 5.61. The fourth-order valence-electron chi connectivity index (χ4n) is 3.45. The molecule has 0 radical (unpaired) electrons. The Morgan fingerprint density at radius 1 is 0.741 bits per heavy atom. The largest absolute Gasteiger partial charge is 0.508 e. The van der Waals surface area contributed by atoms with Crippen LogP contribution in [0.15, 0.2) is 78.9 Å². The Labute approximate surface area is 157 Å². The number of aromatic hydroxyl groups is 2. The van der Waals surface area contributed by atoms with Crippen LogP contribution in [0.4, 0.5) is 0 Å². The molecule has 0 aliphatic heterocycles. The van der Waals surface area contributed by atoms with Gasteiger partial charge in [-0.1, -0.05) is 48.5 Å². The Kier molecular flexibility index (Phi) is 4.13. The van der Waals surface area contributed by atoms with Gasteiger partial charge in [-0.2, -0.15) is 0 Å². The van der Waals surface area contributed by atoms with Crippen molar-refractivity contribution in [3.05, 3.63) is 95.6 Å². The SMILES string of the molecule is CC=C1C=C(c2ccc(O)cc2)C(=O)c2c1cccc2-c1ccc(O)cc1. The van der Waals surface area contributed by atoms with Crippen LogP contribution in [0.5, 0.6) is 11.5 Å². The molecule has 3 heteroatoms. The highest BCUT2D eigenvalue weighted by molar-refractivity contribution is 6.35. The first-order valence-corrected chi connectivity index (χ1v) is 8.73. The summed E-state index contributed by atoms with van der Waals surface area (Å²) in [6.07, 6.45) is 3.89. The van der Waals surface area contributed by atoms with E-state index in [9.17, 15) is 15.0 Å². The highest BCUT2D eigenvalue weighted by atomic mass is 16.3. The van der Waals surface area contributed by atoms with Crippen LogP contribution >= 0.6 is 0 Å².